The van der Waals surface area contributed by atoms with Gasteiger partial charge in [0.25, 0.3) is 0 Å². The van der Waals surface area contributed by atoms with E-state index in [4.69, 9.17) is 11.6 Å². The first-order valence-electron chi connectivity index (χ1n) is 4.96. The zero-order valence-corrected chi connectivity index (χ0v) is 9.15. The molecular formula is C13H9ClNO+. The lowest BCUT2D eigenvalue weighted by molar-refractivity contribution is -0.903. The number of hydrogen-bond acceptors (Lipinski definition) is 1. The van der Waals surface area contributed by atoms with Gasteiger partial charge in [-0.3, -0.25) is 5.21 Å². The molecule has 0 amide bonds. The van der Waals surface area contributed by atoms with Crippen molar-refractivity contribution in [2.75, 3.05) is 0 Å². The van der Waals surface area contributed by atoms with E-state index in [0.29, 0.717) is 5.02 Å². The Morgan fingerprint density at radius 1 is 0.938 bits per heavy atom. The average Bonchev–Trinajstić information content (AvgIpc) is 2.29. The third-order valence-corrected chi connectivity index (χ3v) is 2.96. The number of benzene rings is 2. The van der Waals surface area contributed by atoms with Gasteiger partial charge in [0.1, 0.15) is 0 Å². The highest BCUT2D eigenvalue weighted by molar-refractivity contribution is 6.31. The number of hydrogen-bond donors (Lipinski definition) is 1. The summed E-state index contributed by atoms with van der Waals surface area (Å²) < 4.78 is 1.06. The van der Waals surface area contributed by atoms with Crippen molar-refractivity contribution in [2.45, 2.75) is 0 Å². The number of aromatic nitrogens is 1. The van der Waals surface area contributed by atoms with E-state index in [-0.39, 0.29) is 0 Å². The van der Waals surface area contributed by atoms with Crippen LogP contribution < -0.4 is 4.73 Å². The SMILES string of the molecule is O[n+]1ccc2ccc3ccc(Cl)cc3c2c1. The molecule has 0 spiro atoms. The molecule has 0 bridgehead atoms. The monoisotopic (exact) mass is 230 g/mol. The molecule has 1 heterocycles. The topological polar surface area (TPSA) is 24.1 Å². The van der Waals surface area contributed by atoms with E-state index in [1.807, 2.05) is 30.3 Å². The standard InChI is InChI=1S/C13H9ClNO/c14-11-4-3-9-1-2-10-5-6-15(16)8-13(10)12(9)7-11/h1-8,16H/q+1. The fourth-order valence-electron chi connectivity index (χ4n) is 1.95. The third-order valence-electron chi connectivity index (χ3n) is 2.73. The summed E-state index contributed by atoms with van der Waals surface area (Å²) in [6, 6.07) is 11.7. The fourth-order valence-corrected chi connectivity index (χ4v) is 2.13. The van der Waals surface area contributed by atoms with Crippen LogP contribution in [0.4, 0.5) is 0 Å². The first-order valence-corrected chi connectivity index (χ1v) is 5.34. The smallest absolute Gasteiger partial charge is 0.230 e. The molecule has 3 rings (SSSR count). The Bertz CT molecular complexity index is 633. The molecular weight excluding hydrogens is 222 g/mol. The molecule has 1 N–H and O–H groups in total. The molecule has 0 atom stereocenters. The van der Waals surface area contributed by atoms with Crippen molar-refractivity contribution in [3.63, 3.8) is 0 Å². The van der Waals surface area contributed by atoms with E-state index >= 15 is 0 Å². The molecule has 2 nitrogen and oxygen atoms in total. The van der Waals surface area contributed by atoms with Crippen molar-refractivity contribution in [1.82, 2.24) is 0 Å². The van der Waals surface area contributed by atoms with Gasteiger partial charge in [-0.1, -0.05) is 29.8 Å². The predicted molar refractivity (Wildman–Crippen MR) is 63.8 cm³/mol. The van der Waals surface area contributed by atoms with Crippen LogP contribution in [0.1, 0.15) is 0 Å². The largest absolute Gasteiger partial charge is 0.285 e. The lowest BCUT2D eigenvalue weighted by Crippen LogP contribution is -2.27. The Morgan fingerprint density at radius 3 is 2.44 bits per heavy atom. The molecule has 16 heavy (non-hydrogen) atoms. The van der Waals surface area contributed by atoms with Crippen LogP contribution in [-0.4, -0.2) is 5.21 Å². The van der Waals surface area contributed by atoms with E-state index in [2.05, 4.69) is 6.07 Å². The first-order chi connectivity index (χ1) is 7.74. The van der Waals surface area contributed by atoms with Gasteiger partial charge < -0.3 is 0 Å². The highest BCUT2D eigenvalue weighted by Crippen LogP contribution is 2.26. The average molecular weight is 231 g/mol. The zero-order chi connectivity index (χ0) is 11.1. The summed E-state index contributed by atoms with van der Waals surface area (Å²) in [5.74, 6) is 0. The van der Waals surface area contributed by atoms with E-state index in [1.165, 1.54) is 0 Å². The fraction of sp³-hybridized carbons (Fsp3) is 0. The van der Waals surface area contributed by atoms with Crippen LogP contribution in [-0.2, 0) is 0 Å². The van der Waals surface area contributed by atoms with Crippen LogP contribution in [0.3, 0.4) is 0 Å². The van der Waals surface area contributed by atoms with Gasteiger partial charge in [0, 0.05) is 15.8 Å². The summed E-state index contributed by atoms with van der Waals surface area (Å²) in [7, 11) is 0. The van der Waals surface area contributed by atoms with Crippen molar-refractivity contribution in [1.29, 1.82) is 0 Å². The second-order valence-corrected chi connectivity index (χ2v) is 4.20. The number of rotatable bonds is 0. The normalized spacial score (nSPS) is 11.1. The second-order valence-electron chi connectivity index (χ2n) is 3.76. The summed E-state index contributed by atoms with van der Waals surface area (Å²) in [5, 5.41) is 14.4. The molecule has 0 aliphatic heterocycles. The van der Waals surface area contributed by atoms with Crippen LogP contribution in [0, 0.1) is 0 Å². The molecule has 0 saturated heterocycles. The molecule has 3 heteroatoms. The minimum Gasteiger partial charge on any atom is -0.285 e. The van der Waals surface area contributed by atoms with Crippen LogP contribution in [0.25, 0.3) is 21.5 Å². The second kappa shape index (κ2) is 3.35. The number of nitrogens with zero attached hydrogens (tertiary/aromatic N) is 1. The number of halogens is 1. The van der Waals surface area contributed by atoms with Gasteiger partial charge in [0.15, 0.2) is 0 Å². The van der Waals surface area contributed by atoms with Crippen molar-refractivity contribution in [3.8, 4) is 0 Å². The van der Waals surface area contributed by atoms with Gasteiger partial charge in [-0.2, -0.15) is 0 Å². The quantitative estimate of drug-likeness (QED) is 0.358. The maximum absolute atomic E-state index is 9.44. The molecule has 3 aromatic rings. The third kappa shape index (κ3) is 1.39. The van der Waals surface area contributed by atoms with Crippen LogP contribution in [0.15, 0.2) is 48.8 Å². The van der Waals surface area contributed by atoms with E-state index in [1.54, 1.807) is 12.4 Å². The minimum atomic E-state index is 0.702. The lowest BCUT2D eigenvalue weighted by Gasteiger charge is -2.01. The number of fused-ring (bicyclic) bond motifs is 3. The van der Waals surface area contributed by atoms with E-state index in [0.717, 1.165) is 26.3 Å². The summed E-state index contributed by atoms with van der Waals surface area (Å²) in [5.41, 5.74) is 0. The Kier molecular flexibility index (Phi) is 1.98. The van der Waals surface area contributed by atoms with Crippen molar-refractivity contribution < 1.29 is 9.94 Å². The highest BCUT2D eigenvalue weighted by atomic mass is 35.5. The molecule has 2 aromatic carbocycles. The van der Waals surface area contributed by atoms with Gasteiger partial charge in [0.05, 0.1) is 5.39 Å². The molecule has 0 saturated carbocycles. The van der Waals surface area contributed by atoms with Crippen molar-refractivity contribution >= 4 is 33.1 Å². The Hall–Kier alpha value is -1.80. The summed E-state index contributed by atoms with van der Waals surface area (Å²) >= 11 is 5.99. The molecule has 0 fully saturated rings. The Morgan fingerprint density at radius 2 is 1.62 bits per heavy atom. The van der Waals surface area contributed by atoms with Crippen LogP contribution in [0.2, 0.25) is 5.02 Å². The predicted octanol–water partition coefficient (Wildman–Crippen LogP) is 3.17. The highest BCUT2D eigenvalue weighted by Gasteiger charge is 2.06. The van der Waals surface area contributed by atoms with Gasteiger partial charge in [-0.05, 0) is 28.3 Å². The van der Waals surface area contributed by atoms with Crippen LogP contribution >= 0.6 is 11.6 Å². The summed E-state index contributed by atoms with van der Waals surface area (Å²) in [4.78, 5) is 0. The summed E-state index contributed by atoms with van der Waals surface area (Å²) in [6.07, 6.45) is 3.30. The van der Waals surface area contributed by atoms with Crippen LogP contribution in [0.5, 0.6) is 0 Å². The van der Waals surface area contributed by atoms with E-state index in [9.17, 15) is 5.21 Å². The molecule has 78 valence electrons. The maximum atomic E-state index is 9.44. The molecule has 0 aliphatic carbocycles. The van der Waals surface area contributed by atoms with Gasteiger partial charge >= 0.3 is 0 Å². The van der Waals surface area contributed by atoms with E-state index < -0.39 is 0 Å². The van der Waals surface area contributed by atoms with Gasteiger partial charge in [-0.15, -0.1) is 0 Å². The Balaban J connectivity index is 2.55. The zero-order valence-electron chi connectivity index (χ0n) is 8.39. The maximum Gasteiger partial charge on any atom is 0.230 e. The molecule has 1 aromatic heterocycles. The number of pyridine rings is 1. The van der Waals surface area contributed by atoms with Gasteiger partial charge in [0.2, 0.25) is 12.4 Å². The Labute approximate surface area is 97.3 Å². The lowest BCUT2D eigenvalue weighted by atomic mass is 10.0. The minimum absolute atomic E-state index is 0.702. The first kappa shape index (κ1) is 9.43. The molecule has 0 radical (unpaired) electrons. The van der Waals surface area contributed by atoms with Crippen molar-refractivity contribution in [3.05, 3.63) is 53.8 Å². The van der Waals surface area contributed by atoms with Gasteiger partial charge in [-0.25, -0.2) is 0 Å². The molecule has 0 unspecified atom stereocenters. The summed E-state index contributed by atoms with van der Waals surface area (Å²) in [6.45, 7) is 0. The molecule has 0 aliphatic rings. The van der Waals surface area contributed by atoms with Crippen molar-refractivity contribution in [2.24, 2.45) is 0 Å².